The summed E-state index contributed by atoms with van der Waals surface area (Å²) in [6, 6.07) is 9.57. The minimum Gasteiger partial charge on any atom is -0.275 e. The lowest BCUT2D eigenvalue weighted by Crippen LogP contribution is -2.30. The molecule has 0 unspecified atom stereocenters. The van der Waals surface area contributed by atoms with Gasteiger partial charge in [-0.1, -0.05) is 37.6 Å². The van der Waals surface area contributed by atoms with Gasteiger partial charge in [-0.15, -0.1) is 0 Å². The van der Waals surface area contributed by atoms with Crippen LogP contribution in [0.15, 0.2) is 47.6 Å². The molecule has 0 aliphatic carbocycles. The van der Waals surface area contributed by atoms with Crippen molar-refractivity contribution in [1.29, 1.82) is 0 Å². The van der Waals surface area contributed by atoms with E-state index in [-0.39, 0.29) is 40.6 Å². The number of hydrogen-bond acceptors (Lipinski definition) is 4. The Morgan fingerprint density at radius 1 is 1.14 bits per heavy atom. The Bertz CT molecular complexity index is 1010. The predicted octanol–water partition coefficient (Wildman–Crippen LogP) is 5.38. The van der Waals surface area contributed by atoms with E-state index in [9.17, 15) is 26.0 Å². The average molecular weight is 452 g/mol. The first-order chi connectivity index (χ1) is 13.6. The monoisotopic (exact) mass is 451 g/mol. The van der Waals surface area contributed by atoms with Gasteiger partial charge in [0.05, 0.1) is 17.1 Å². The first kappa shape index (κ1) is 23.0. The molecular weight excluding hydrogens is 434 g/mol. The molecule has 0 atom stereocenters. The van der Waals surface area contributed by atoms with Crippen molar-refractivity contribution in [2.45, 2.75) is 25.8 Å². The number of para-hydroxylation sites is 1. The number of alkyl halides is 3. The van der Waals surface area contributed by atoms with Gasteiger partial charge in [-0.25, -0.2) is 4.39 Å². The lowest BCUT2D eigenvalue weighted by atomic mass is 10.1. The van der Waals surface area contributed by atoms with Crippen molar-refractivity contribution in [3.05, 3.63) is 58.9 Å². The van der Waals surface area contributed by atoms with Crippen LogP contribution in [0.3, 0.4) is 0 Å². The third-order valence-electron chi connectivity index (χ3n) is 3.77. The maximum atomic E-state index is 13.9. The van der Waals surface area contributed by atoms with Crippen LogP contribution in [0.5, 0.6) is 0 Å². The van der Waals surface area contributed by atoms with Crippen LogP contribution in [0.1, 0.15) is 25.8 Å². The molecule has 0 saturated carbocycles. The lowest BCUT2D eigenvalue weighted by molar-refractivity contribution is -0.0429. The van der Waals surface area contributed by atoms with Gasteiger partial charge in [0.1, 0.15) is 5.82 Å². The van der Waals surface area contributed by atoms with Gasteiger partial charge in [-0.2, -0.15) is 26.7 Å². The fourth-order valence-corrected chi connectivity index (χ4v) is 3.28. The summed E-state index contributed by atoms with van der Waals surface area (Å²) >= 11 is 5.91. The highest BCUT2D eigenvalue weighted by molar-refractivity contribution is 7.93. The second-order valence-corrected chi connectivity index (χ2v) is 7.72. The standard InChI is InChI=1S/C16H12ClF4N3O2S.C2H6/c17-10-5-6-14(23-27(25,26)16(19,20)21)11(9-10)13-7-8-24(22-13)15-4-2-1-3-12(15)18;1-2/h1-6,9,23H,7-8H2;1-2H3. The SMILES string of the molecule is CC.O=S(=O)(Nc1ccc(Cl)cc1C1=NN(c2ccccc2F)CC1)C(F)(F)F. The van der Waals surface area contributed by atoms with E-state index in [0.717, 1.165) is 6.07 Å². The molecule has 0 fully saturated rings. The normalized spacial score (nSPS) is 14.2. The molecule has 1 aliphatic heterocycles. The van der Waals surface area contributed by atoms with E-state index in [1.54, 1.807) is 6.07 Å². The Hall–Kier alpha value is -2.33. The van der Waals surface area contributed by atoms with Crippen molar-refractivity contribution in [3.63, 3.8) is 0 Å². The molecule has 29 heavy (non-hydrogen) atoms. The van der Waals surface area contributed by atoms with E-state index >= 15 is 0 Å². The minimum atomic E-state index is -5.61. The van der Waals surface area contributed by atoms with Crippen LogP contribution in [0.25, 0.3) is 0 Å². The third kappa shape index (κ3) is 5.18. The topological polar surface area (TPSA) is 61.8 Å². The third-order valence-corrected chi connectivity index (χ3v) is 5.11. The second-order valence-electron chi connectivity index (χ2n) is 5.61. The quantitative estimate of drug-likeness (QED) is 0.635. The summed E-state index contributed by atoms with van der Waals surface area (Å²) in [5.74, 6) is -0.508. The first-order valence-corrected chi connectivity index (χ1v) is 10.4. The van der Waals surface area contributed by atoms with Crippen LogP contribution in [-0.4, -0.2) is 26.2 Å². The van der Waals surface area contributed by atoms with Crippen molar-refractivity contribution in [1.82, 2.24) is 0 Å². The second kappa shape index (κ2) is 9.00. The zero-order chi connectivity index (χ0) is 21.8. The molecule has 0 saturated heterocycles. The van der Waals surface area contributed by atoms with Gasteiger partial charge in [0.2, 0.25) is 0 Å². The summed E-state index contributed by atoms with van der Waals surface area (Å²) in [6.45, 7) is 4.27. The number of halogens is 5. The largest absolute Gasteiger partial charge is 0.516 e. The van der Waals surface area contributed by atoms with Crippen molar-refractivity contribution < 1.29 is 26.0 Å². The van der Waals surface area contributed by atoms with Gasteiger partial charge in [-0.3, -0.25) is 9.73 Å². The van der Waals surface area contributed by atoms with Crippen LogP contribution >= 0.6 is 11.6 Å². The maximum absolute atomic E-state index is 13.9. The van der Waals surface area contributed by atoms with Crippen LogP contribution in [0.4, 0.5) is 28.9 Å². The molecule has 0 spiro atoms. The summed E-state index contributed by atoms with van der Waals surface area (Å²) in [6.07, 6.45) is 0.259. The summed E-state index contributed by atoms with van der Waals surface area (Å²) in [5, 5.41) is 5.76. The highest BCUT2D eigenvalue weighted by Crippen LogP contribution is 2.31. The Labute approximate surface area is 171 Å². The van der Waals surface area contributed by atoms with Gasteiger partial charge in [0.15, 0.2) is 0 Å². The van der Waals surface area contributed by atoms with E-state index in [4.69, 9.17) is 11.6 Å². The molecule has 1 heterocycles. The van der Waals surface area contributed by atoms with E-state index in [2.05, 4.69) is 5.10 Å². The Morgan fingerprint density at radius 3 is 2.41 bits per heavy atom. The minimum absolute atomic E-state index is 0.0918. The Kier molecular flexibility index (Phi) is 7.12. The number of nitrogens with zero attached hydrogens (tertiary/aromatic N) is 2. The molecule has 3 rings (SSSR count). The molecule has 0 aromatic heterocycles. The number of sulfonamides is 1. The molecule has 2 aromatic carbocycles. The number of hydrazone groups is 1. The molecule has 0 amide bonds. The summed E-state index contributed by atoms with van der Waals surface area (Å²) in [4.78, 5) is 0. The van der Waals surface area contributed by atoms with Gasteiger partial charge in [0.25, 0.3) is 0 Å². The van der Waals surface area contributed by atoms with E-state index < -0.39 is 21.3 Å². The van der Waals surface area contributed by atoms with Crippen LogP contribution < -0.4 is 9.73 Å². The molecule has 2 aromatic rings. The fraction of sp³-hybridized carbons (Fsp3) is 0.278. The van der Waals surface area contributed by atoms with E-state index in [0.29, 0.717) is 0 Å². The highest BCUT2D eigenvalue weighted by Gasteiger charge is 2.46. The molecule has 1 N–H and O–H groups in total. The maximum Gasteiger partial charge on any atom is 0.516 e. The predicted molar refractivity (Wildman–Crippen MR) is 106 cm³/mol. The van der Waals surface area contributed by atoms with Gasteiger partial charge >= 0.3 is 15.5 Å². The van der Waals surface area contributed by atoms with Crippen molar-refractivity contribution >= 4 is 38.7 Å². The molecule has 5 nitrogen and oxygen atoms in total. The number of rotatable bonds is 4. The fourth-order valence-electron chi connectivity index (χ4n) is 2.53. The van der Waals surface area contributed by atoms with Crippen LogP contribution in [0, 0.1) is 5.82 Å². The average Bonchev–Trinajstić information content (AvgIpc) is 3.14. The molecule has 11 heteroatoms. The van der Waals surface area contributed by atoms with Gasteiger partial charge in [0, 0.05) is 23.6 Å². The van der Waals surface area contributed by atoms with Gasteiger partial charge < -0.3 is 0 Å². The zero-order valence-corrected chi connectivity index (χ0v) is 17.0. The van der Waals surface area contributed by atoms with Crippen LogP contribution in [-0.2, 0) is 10.0 Å². The number of benzene rings is 2. The van der Waals surface area contributed by atoms with Crippen LogP contribution in [0.2, 0.25) is 5.02 Å². The highest BCUT2D eigenvalue weighted by atomic mass is 35.5. The van der Waals surface area contributed by atoms with Crippen molar-refractivity contribution in [3.8, 4) is 0 Å². The first-order valence-electron chi connectivity index (χ1n) is 8.57. The number of nitrogens with one attached hydrogen (secondary N) is 1. The summed E-state index contributed by atoms with van der Waals surface area (Å²) in [5.41, 5.74) is -5.21. The zero-order valence-electron chi connectivity index (χ0n) is 15.5. The molecule has 158 valence electrons. The Balaban J connectivity index is 0.00000145. The van der Waals surface area contributed by atoms with Crippen molar-refractivity contribution in [2.75, 3.05) is 16.3 Å². The lowest BCUT2D eigenvalue weighted by Gasteiger charge is -2.15. The summed E-state index contributed by atoms with van der Waals surface area (Å²) in [7, 11) is -5.61. The van der Waals surface area contributed by atoms with Crippen molar-refractivity contribution in [2.24, 2.45) is 5.10 Å². The van der Waals surface area contributed by atoms with E-state index in [1.807, 2.05) is 13.8 Å². The molecule has 0 bridgehead atoms. The summed E-state index contributed by atoms with van der Waals surface area (Å²) < 4.78 is 76.3. The molecule has 1 aliphatic rings. The smallest absolute Gasteiger partial charge is 0.275 e. The van der Waals surface area contributed by atoms with Gasteiger partial charge in [-0.05, 0) is 30.3 Å². The molecule has 0 radical (unpaired) electrons. The number of anilines is 2. The van der Waals surface area contributed by atoms with E-state index in [1.165, 1.54) is 40.1 Å². The molecular formula is C18H18ClF4N3O2S. The Morgan fingerprint density at radius 2 is 1.79 bits per heavy atom. The number of hydrogen-bond donors (Lipinski definition) is 1.